The van der Waals surface area contributed by atoms with E-state index in [1.54, 1.807) is 7.05 Å². The molecule has 0 radical (unpaired) electrons. The van der Waals surface area contributed by atoms with Crippen LogP contribution in [-0.4, -0.2) is 14.3 Å². The molecule has 66 valence electrons. The molecule has 6 heteroatoms. The molecule has 0 bridgehead atoms. The van der Waals surface area contributed by atoms with E-state index in [-0.39, 0.29) is 0 Å². The van der Waals surface area contributed by atoms with Gasteiger partial charge in [-0.15, -0.1) is 0 Å². The van der Waals surface area contributed by atoms with Gasteiger partial charge in [0.25, 0.3) is 13.1 Å². The lowest BCUT2D eigenvalue weighted by Gasteiger charge is -1.94. The number of hydrogen-bond acceptors (Lipinski definition) is 0. The van der Waals surface area contributed by atoms with Crippen LogP contribution in [0, 0.1) is 6.07 Å². The molecule has 0 aromatic rings. The summed E-state index contributed by atoms with van der Waals surface area (Å²) in [4.78, 5) is 3.68. The van der Waals surface area contributed by atoms with Gasteiger partial charge in [-0.1, -0.05) is 11.8 Å². The van der Waals surface area contributed by atoms with Gasteiger partial charge in [0.2, 0.25) is 0 Å². The van der Waals surface area contributed by atoms with Crippen LogP contribution >= 0.6 is 0 Å². The Hall–Kier alpha value is -0.725. The first-order valence-electron chi connectivity index (χ1n) is 3.10. The SMILES string of the molecule is CCCC#[N+]C.F[B-](F)(F)F. The molecule has 0 amide bonds. The molecule has 0 aromatic heterocycles. The van der Waals surface area contributed by atoms with E-state index in [0.29, 0.717) is 0 Å². The second kappa shape index (κ2) is 7.38. The fourth-order valence-corrected chi connectivity index (χ4v) is 0.224. The number of nitrogens with zero attached hydrogens (tertiary/aromatic N) is 1. The molecule has 0 aliphatic heterocycles. The van der Waals surface area contributed by atoms with Crippen molar-refractivity contribution in [3.63, 3.8) is 0 Å². The standard InChI is InChI=1S/C5H10N.BF4/c1-3-4-5-6-2;2-1(3,4)5/h3-4H2,1-2H3;/q+1;-1. The van der Waals surface area contributed by atoms with Crippen molar-refractivity contribution in [3.05, 3.63) is 4.85 Å². The van der Waals surface area contributed by atoms with Crippen molar-refractivity contribution in [1.82, 2.24) is 0 Å². The van der Waals surface area contributed by atoms with Gasteiger partial charge in [-0.2, -0.15) is 0 Å². The van der Waals surface area contributed by atoms with Gasteiger partial charge in [0.05, 0.1) is 6.42 Å². The molecule has 0 spiro atoms. The zero-order valence-corrected chi connectivity index (χ0v) is 6.45. The Labute approximate surface area is 63.3 Å². The molecule has 0 heterocycles. The van der Waals surface area contributed by atoms with Crippen molar-refractivity contribution in [2.75, 3.05) is 7.05 Å². The molecule has 0 atom stereocenters. The third kappa shape index (κ3) is 94.8. The number of unbranched alkanes of at least 4 members (excludes halogenated alkanes) is 1. The largest absolute Gasteiger partial charge is 0.673 e. The van der Waals surface area contributed by atoms with Gasteiger partial charge in [0, 0.05) is 0 Å². The average Bonchev–Trinajstić information content (AvgIpc) is 1.79. The second-order valence-electron chi connectivity index (χ2n) is 1.63. The molecule has 0 aromatic carbocycles. The van der Waals surface area contributed by atoms with Crippen LogP contribution in [0.25, 0.3) is 4.85 Å². The average molecular weight is 171 g/mol. The maximum Gasteiger partial charge on any atom is 0.673 e. The molecule has 0 rings (SSSR count). The second-order valence-corrected chi connectivity index (χ2v) is 1.63. The molecular formula is C5H10BF4N. The lowest BCUT2D eigenvalue weighted by atomic mass is 10.3. The Balaban J connectivity index is 0. The van der Waals surface area contributed by atoms with Crippen LogP contribution in [0.3, 0.4) is 0 Å². The Kier molecular flexibility index (Phi) is 8.66. The quantitative estimate of drug-likeness (QED) is 0.421. The van der Waals surface area contributed by atoms with Gasteiger partial charge in [-0.3, -0.25) is 0 Å². The lowest BCUT2D eigenvalue weighted by Crippen LogP contribution is -2.02. The first-order chi connectivity index (χ1) is 4.91. The molecular weight excluding hydrogens is 161 g/mol. The molecule has 11 heavy (non-hydrogen) atoms. The molecule has 0 unspecified atom stereocenters. The van der Waals surface area contributed by atoms with Crippen molar-refractivity contribution in [1.29, 1.82) is 0 Å². The highest BCUT2D eigenvalue weighted by molar-refractivity contribution is 6.50. The Morgan fingerprint density at radius 3 is 1.73 bits per heavy atom. The van der Waals surface area contributed by atoms with Crippen molar-refractivity contribution in [2.45, 2.75) is 19.8 Å². The van der Waals surface area contributed by atoms with E-state index in [4.69, 9.17) is 0 Å². The minimum absolute atomic E-state index is 0.997. The van der Waals surface area contributed by atoms with Crippen LogP contribution < -0.4 is 0 Å². The van der Waals surface area contributed by atoms with E-state index >= 15 is 0 Å². The predicted octanol–water partition coefficient (Wildman–Crippen LogP) is 3.05. The van der Waals surface area contributed by atoms with Gasteiger partial charge in [0.1, 0.15) is 0 Å². The van der Waals surface area contributed by atoms with Gasteiger partial charge < -0.3 is 17.3 Å². The molecule has 0 saturated carbocycles. The van der Waals surface area contributed by atoms with Crippen molar-refractivity contribution >= 4 is 7.25 Å². The number of halogens is 4. The first kappa shape index (κ1) is 12.9. The number of rotatable bonds is 1. The fraction of sp³-hybridized carbons (Fsp3) is 0.800. The zero-order valence-electron chi connectivity index (χ0n) is 6.45. The molecule has 0 saturated heterocycles. The molecule has 0 aliphatic rings. The summed E-state index contributed by atoms with van der Waals surface area (Å²) in [5.41, 5.74) is 0. The first-order valence-corrected chi connectivity index (χ1v) is 3.10. The summed E-state index contributed by atoms with van der Waals surface area (Å²) in [6, 6.07) is 2.82. The summed E-state index contributed by atoms with van der Waals surface area (Å²) >= 11 is 0. The fourth-order valence-electron chi connectivity index (χ4n) is 0.224. The zero-order chi connectivity index (χ0) is 9.33. The van der Waals surface area contributed by atoms with E-state index in [1.807, 2.05) is 0 Å². The lowest BCUT2D eigenvalue weighted by molar-refractivity contribution is 0.368. The number of hydrogen-bond donors (Lipinski definition) is 0. The van der Waals surface area contributed by atoms with E-state index in [1.165, 1.54) is 0 Å². The third-order valence-corrected chi connectivity index (χ3v) is 0.520. The van der Waals surface area contributed by atoms with Crippen LogP contribution in [0.4, 0.5) is 17.3 Å². The summed E-state index contributed by atoms with van der Waals surface area (Å²) in [6.45, 7) is 2.11. The van der Waals surface area contributed by atoms with Crippen molar-refractivity contribution in [2.24, 2.45) is 0 Å². The Morgan fingerprint density at radius 1 is 1.27 bits per heavy atom. The summed E-state index contributed by atoms with van der Waals surface area (Å²) in [5.74, 6) is 0. The third-order valence-electron chi connectivity index (χ3n) is 0.520. The van der Waals surface area contributed by atoms with Gasteiger partial charge in [-0.25, -0.2) is 0 Å². The van der Waals surface area contributed by atoms with Crippen LogP contribution in [-0.2, 0) is 0 Å². The van der Waals surface area contributed by atoms with Crippen LogP contribution in [0.2, 0.25) is 0 Å². The summed E-state index contributed by atoms with van der Waals surface area (Å²) < 4.78 is 39.0. The van der Waals surface area contributed by atoms with Gasteiger partial charge in [-0.05, 0) is 6.42 Å². The summed E-state index contributed by atoms with van der Waals surface area (Å²) in [5, 5.41) is 0. The van der Waals surface area contributed by atoms with E-state index < -0.39 is 7.25 Å². The maximum absolute atomic E-state index is 9.75. The minimum Gasteiger partial charge on any atom is -0.418 e. The van der Waals surface area contributed by atoms with Crippen molar-refractivity contribution in [3.8, 4) is 6.07 Å². The van der Waals surface area contributed by atoms with E-state index in [0.717, 1.165) is 12.8 Å². The van der Waals surface area contributed by atoms with Crippen molar-refractivity contribution < 1.29 is 17.3 Å². The molecule has 0 N–H and O–H groups in total. The highest BCUT2D eigenvalue weighted by atomic mass is 19.5. The molecule has 1 nitrogen and oxygen atoms in total. The Bertz CT molecular complexity index is 128. The van der Waals surface area contributed by atoms with E-state index in [2.05, 4.69) is 17.8 Å². The normalized spacial score (nSPS) is 8.91. The maximum atomic E-state index is 9.75. The van der Waals surface area contributed by atoms with Gasteiger partial charge in [0.15, 0.2) is 0 Å². The summed E-state index contributed by atoms with van der Waals surface area (Å²) in [7, 11) is -4.25. The predicted molar refractivity (Wildman–Crippen MR) is 38.3 cm³/mol. The van der Waals surface area contributed by atoms with Crippen LogP contribution in [0.5, 0.6) is 0 Å². The van der Waals surface area contributed by atoms with Crippen LogP contribution in [0.1, 0.15) is 19.8 Å². The van der Waals surface area contributed by atoms with E-state index in [9.17, 15) is 17.3 Å². The van der Waals surface area contributed by atoms with Crippen LogP contribution in [0.15, 0.2) is 0 Å². The topological polar surface area (TPSA) is 4.36 Å². The molecule has 0 aliphatic carbocycles. The smallest absolute Gasteiger partial charge is 0.418 e. The van der Waals surface area contributed by atoms with Gasteiger partial charge >= 0.3 is 7.25 Å². The summed E-state index contributed by atoms with van der Waals surface area (Å²) in [6.07, 6.45) is 2.15. The highest BCUT2D eigenvalue weighted by Crippen LogP contribution is 2.06. The Morgan fingerprint density at radius 2 is 1.64 bits per heavy atom. The monoisotopic (exact) mass is 171 g/mol. The minimum atomic E-state index is -6.00. The highest BCUT2D eigenvalue weighted by Gasteiger charge is 2.20. The molecule has 0 fully saturated rings.